The van der Waals surface area contributed by atoms with Crippen molar-refractivity contribution in [3.05, 3.63) is 35.9 Å². The molecule has 0 saturated carbocycles. The Hall–Kier alpha value is -2.74. The quantitative estimate of drug-likeness (QED) is 0.632. The number of hydrogen-bond acceptors (Lipinski definition) is 6. The summed E-state index contributed by atoms with van der Waals surface area (Å²) < 4.78 is 0. The van der Waals surface area contributed by atoms with E-state index in [9.17, 15) is 14.8 Å². The first-order valence-corrected chi connectivity index (χ1v) is 4.72. The van der Waals surface area contributed by atoms with Gasteiger partial charge in [0.05, 0.1) is 0 Å². The van der Waals surface area contributed by atoms with Gasteiger partial charge < -0.3 is 10.2 Å². The fraction of sp³-hybridized carbons (Fsp3) is 0. The second-order valence-electron chi connectivity index (χ2n) is 3.29. The molecule has 0 bridgehead atoms. The molecular formula is C10H7N3O5. The highest BCUT2D eigenvalue weighted by atomic mass is 16.5. The average Bonchev–Trinajstić information content (AvgIpc) is 2.74. The SMILES string of the molecule is O=C(O)C1=NC(=C2C=CC=CN2O)N=C1C(=O)O. The first-order chi connectivity index (χ1) is 8.50. The Morgan fingerprint density at radius 3 is 2.06 bits per heavy atom. The molecule has 3 N–H and O–H groups in total. The predicted molar refractivity (Wildman–Crippen MR) is 59.1 cm³/mol. The predicted octanol–water partition coefficient (Wildman–Crippen LogP) is -0.00500. The van der Waals surface area contributed by atoms with E-state index in [1.165, 1.54) is 18.4 Å². The molecule has 0 aliphatic carbocycles. The van der Waals surface area contributed by atoms with Crippen LogP contribution in [0.5, 0.6) is 0 Å². The van der Waals surface area contributed by atoms with E-state index in [4.69, 9.17) is 10.2 Å². The van der Waals surface area contributed by atoms with Crippen LogP contribution in [0, 0.1) is 0 Å². The fourth-order valence-electron chi connectivity index (χ4n) is 1.37. The molecule has 0 aromatic carbocycles. The Morgan fingerprint density at radius 2 is 1.61 bits per heavy atom. The lowest BCUT2D eigenvalue weighted by atomic mass is 10.2. The van der Waals surface area contributed by atoms with Crippen LogP contribution in [-0.4, -0.2) is 43.8 Å². The third-order valence-corrected chi connectivity index (χ3v) is 2.13. The summed E-state index contributed by atoms with van der Waals surface area (Å²) in [7, 11) is 0. The molecule has 2 heterocycles. The van der Waals surface area contributed by atoms with Crippen LogP contribution in [-0.2, 0) is 9.59 Å². The van der Waals surface area contributed by atoms with E-state index < -0.39 is 23.4 Å². The van der Waals surface area contributed by atoms with Gasteiger partial charge in [-0.3, -0.25) is 5.21 Å². The summed E-state index contributed by atoms with van der Waals surface area (Å²) >= 11 is 0. The van der Waals surface area contributed by atoms with Crippen molar-refractivity contribution in [3.63, 3.8) is 0 Å². The topological polar surface area (TPSA) is 123 Å². The number of allylic oxidation sites excluding steroid dienone is 3. The molecule has 2 aliphatic rings. The Bertz CT molecular complexity index is 550. The van der Waals surface area contributed by atoms with Crippen LogP contribution in [0.4, 0.5) is 0 Å². The van der Waals surface area contributed by atoms with E-state index in [1.54, 1.807) is 6.08 Å². The first-order valence-electron chi connectivity index (χ1n) is 4.72. The van der Waals surface area contributed by atoms with Crippen molar-refractivity contribution in [2.24, 2.45) is 9.98 Å². The van der Waals surface area contributed by atoms with Gasteiger partial charge in [-0.15, -0.1) is 0 Å². The van der Waals surface area contributed by atoms with Crippen LogP contribution in [0.15, 0.2) is 45.9 Å². The molecular weight excluding hydrogens is 242 g/mol. The Kier molecular flexibility index (Phi) is 2.78. The Morgan fingerprint density at radius 1 is 1.06 bits per heavy atom. The summed E-state index contributed by atoms with van der Waals surface area (Å²) in [6.45, 7) is 0. The lowest BCUT2D eigenvalue weighted by Crippen LogP contribution is -2.27. The maximum absolute atomic E-state index is 10.8. The van der Waals surface area contributed by atoms with E-state index >= 15 is 0 Å². The van der Waals surface area contributed by atoms with Crippen LogP contribution >= 0.6 is 0 Å². The van der Waals surface area contributed by atoms with Crippen molar-refractivity contribution in [1.82, 2.24) is 5.06 Å². The van der Waals surface area contributed by atoms with E-state index in [0.717, 1.165) is 0 Å². The third kappa shape index (κ3) is 1.92. The van der Waals surface area contributed by atoms with E-state index in [0.29, 0.717) is 5.06 Å². The van der Waals surface area contributed by atoms with Crippen molar-refractivity contribution in [2.45, 2.75) is 0 Å². The van der Waals surface area contributed by atoms with Crippen LogP contribution < -0.4 is 0 Å². The van der Waals surface area contributed by atoms with Gasteiger partial charge in [0, 0.05) is 6.20 Å². The fourth-order valence-corrected chi connectivity index (χ4v) is 1.37. The van der Waals surface area contributed by atoms with Crippen LogP contribution in [0.1, 0.15) is 0 Å². The van der Waals surface area contributed by atoms with Crippen molar-refractivity contribution >= 4 is 23.4 Å². The second kappa shape index (κ2) is 4.26. The first kappa shape index (κ1) is 11.7. The lowest BCUT2D eigenvalue weighted by molar-refractivity contribution is -0.131. The van der Waals surface area contributed by atoms with Crippen molar-refractivity contribution in [3.8, 4) is 0 Å². The number of nitrogens with zero attached hydrogens (tertiary/aromatic N) is 3. The Labute approximate surface area is 100 Å². The van der Waals surface area contributed by atoms with Crippen LogP contribution in [0.25, 0.3) is 0 Å². The van der Waals surface area contributed by atoms with Gasteiger partial charge in [-0.25, -0.2) is 24.6 Å². The highest BCUT2D eigenvalue weighted by molar-refractivity contribution is 6.79. The standard InChI is InChI=1S/C10H7N3O5/c14-9(15)6-7(10(16)17)12-8(11-6)5-3-1-2-4-13(5)18/h1-4,18H,(H,14,15)(H,16,17). The second-order valence-corrected chi connectivity index (χ2v) is 3.29. The number of carboxylic acid groups (broad SMARTS) is 2. The number of rotatable bonds is 2. The number of aliphatic imine (C=N–C) groups is 2. The minimum Gasteiger partial charge on any atom is -0.476 e. The highest BCUT2D eigenvalue weighted by Gasteiger charge is 2.30. The van der Waals surface area contributed by atoms with Gasteiger partial charge in [-0.2, -0.15) is 0 Å². The highest BCUT2D eigenvalue weighted by Crippen LogP contribution is 2.21. The van der Waals surface area contributed by atoms with Gasteiger partial charge in [-0.1, -0.05) is 6.08 Å². The molecule has 92 valence electrons. The van der Waals surface area contributed by atoms with Crippen molar-refractivity contribution < 1.29 is 25.0 Å². The van der Waals surface area contributed by atoms with Gasteiger partial charge in [0.1, 0.15) is 5.70 Å². The molecule has 8 nitrogen and oxygen atoms in total. The molecule has 2 rings (SSSR count). The molecule has 0 saturated heterocycles. The summed E-state index contributed by atoms with van der Waals surface area (Å²) in [4.78, 5) is 28.8. The smallest absolute Gasteiger partial charge is 0.357 e. The van der Waals surface area contributed by atoms with Crippen molar-refractivity contribution in [2.75, 3.05) is 0 Å². The molecule has 0 aromatic heterocycles. The zero-order chi connectivity index (χ0) is 13.3. The molecule has 18 heavy (non-hydrogen) atoms. The average molecular weight is 249 g/mol. The molecule has 0 fully saturated rings. The molecule has 0 unspecified atom stereocenters. The molecule has 2 aliphatic heterocycles. The number of carboxylic acids is 2. The number of aliphatic carboxylic acids is 2. The summed E-state index contributed by atoms with van der Waals surface area (Å²) in [6.07, 6.45) is 5.81. The Balaban J connectivity index is 2.53. The minimum absolute atomic E-state index is 0.0903. The van der Waals surface area contributed by atoms with E-state index in [2.05, 4.69) is 9.98 Å². The molecule has 0 amide bonds. The van der Waals surface area contributed by atoms with Crippen molar-refractivity contribution in [1.29, 1.82) is 0 Å². The zero-order valence-electron chi connectivity index (χ0n) is 8.81. The lowest BCUT2D eigenvalue weighted by Gasteiger charge is -2.15. The zero-order valence-corrected chi connectivity index (χ0v) is 8.81. The largest absolute Gasteiger partial charge is 0.476 e. The monoisotopic (exact) mass is 249 g/mol. The minimum atomic E-state index is -1.49. The van der Waals surface area contributed by atoms with Gasteiger partial charge in [-0.05, 0) is 12.2 Å². The summed E-state index contributed by atoms with van der Waals surface area (Å²) in [6, 6.07) is 0. The maximum atomic E-state index is 10.8. The molecule has 8 heteroatoms. The van der Waals surface area contributed by atoms with Crippen LogP contribution in [0.3, 0.4) is 0 Å². The number of hydroxylamine groups is 2. The van der Waals surface area contributed by atoms with Gasteiger partial charge in [0.2, 0.25) is 0 Å². The third-order valence-electron chi connectivity index (χ3n) is 2.13. The number of carbonyl (C=O) groups is 2. The van der Waals surface area contributed by atoms with Gasteiger partial charge in [0.15, 0.2) is 17.2 Å². The van der Waals surface area contributed by atoms with Gasteiger partial charge in [0.25, 0.3) is 0 Å². The molecule has 0 atom stereocenters. The maximum Gasteiger partial charge on any atom is 0.357 e. The molecule has 0 spiro atoms. The normalized spacial score (nSPS) is 17.9. The molecule has 0 aromatic rings. The van der Waals surface area contributed by atoms with E-state index in [1.807, 2.05) is 0 Å². The summed E-state index contributed by atoms with van der Waals surface area (Å²) in [5, 5.41) is 27.8. The van der Waals surface area contributed by atoms with E-state index in [-0.39, 0.29) is 11.5 Å². The molecule has 0 radical (unpaired) electrons. The summed E-state index contributed by atoms with van der Waals surface area (Å²) in [5.41, 5.74) is -1.24. The van der Waals surface area contributed by atoms with Crippen LogP contribution in [0.2, 0.25) is 0 Å². The number of hydrogen-bond donors (Lipinski definition) is 3. The summed E-state index contributed by atoms with van der Waals surface area (Å²) in [5.74, 6) is -3.16. The van der Waals surface area contributed by atoms with Gasteiger partial charge >= 0.3 is 11.9 Å².